The smallest absolute Gasteiger partial charge is 0.384 e. The number of nitrogens with zero attached hydrogens (tertiary/aromatic N) is 3. The number of rotatable bonds is 9. The zero-order valence-electron chi connectivity index (χ0n) is 19.0. The number of nitrogens with two attached hydrogens (primary N) is 2. The van der Waals surface area contributed by atoms with Crippen molar-refractivity contribution in [3.05, 3.63) is 63.9 Å². The first-order valence-electron chi connectivity index (χ1n) is 10.7. The third-order valence-electron chi connectivity index (χ3n) is 5.25. The zero-order chi connectivity index (χ0) is 26.7. The lowest BCUT2D eigenvalue weighted by Crippen LogP contribution is -2.70. The molecular formula is C22H21Cl2N6O4S3+. The standard InChI is InChI=1S/C22H20Cl2N6O4S3/c23-12-3-4-13(24)14(8-12)36-10-16(31)28-17-19(32)30-18(21(33)34)11(9-37-20(17)30)2-1-7-35-22-27-15(25)5-6-29(22)26/h1-6,8,17,20,25H,7,9-10,26H2,(H2,28,31,33,34)/p+1/b2-1+/t17-,20?/m1/s1. The molecule has 2 aliphatic heterocycles. The van der Waals surface area contributed by atoms with Crippen molar-refractivity contribution in [3.8, 4) is 0 Å². The van der Waals surface area contributed by atoms with E-state index < -0.39 is 23.3 Å². The minimum absolute atomic E-state index is 0.0270. The number of benzene rings is 1. The number of carboxylic acids is 1. The van der Waals surface area contributed by atoms with Gasteiger partial charge in [-0.1, -0.05) is 35.4 Å². The van der Waals surface area contributed by atoms with Crippen LogP contribution in [0.4, 0.5) is 5.82 Å². The van der Waals surface area contributed by atoms with Crippen LogP contribution < -0.4 is 21.6 Å². The van der Waals surface area contributed by atoms with E-state index in [1.807, 2.05) is 0 Å². The molecule has 1 aromatic heterocycles. The molecule has 2 amide bonds. The lowest BCUT2D eigenvalue weighted by molar-refractivity contribution is -0.682. The molecule has 1 fully saturated rings. The molecule has 1 saturated heterocycles. The lowest BCUT2D eigenvalue weighted by Gasteiger charge is -2.49. The van der Waals surface area contributed by atoms with E-state index in [1.165, 1.54) is 44.9 Å². The molecule has 2 atom stereocenters. The molecular weight excluding hydrogens is 579 g/mol. The summed E-state index contributed by atoms with van der Waals surface area (Å²) in [5.74, 6) is 4.96. The lowest BCUT2D eigenvalue weighted by atomic mass is 10.0. The number of aliphatic carboxylic acids is 1. The molecule has 37 heavy (non-hydrogen) atoms. The summed E-state index contributed by atoms with van der Waals surface area (Å²) in [6.07, 6.45) is 5.04. The topological polar surface area (TPSA) is 156 Å². The van der Waals surface area contributed by atoms with Crippen molar-refractivity contribution in [1.29, 1.82) is 0 Å². The number of thioether (sulfide) groups is 3. The van der Waals surface area contributed by atoms with Crippen molar-refractivity contribution >= 4 is 82.1 Å². The van der Waals surface area contributed by atoms with Crippen LogP contribution >= 0.6 is 58.5 Å². The Hall–Kier alpha value is -2.58. The van der Waals surface area contributed by atoms with Crippen LogP contribution in [0.25, 0.3) is 0 Å². The number of hydrogen-bond donors (Lipinski definition) is 4. The van der Waals surface area contributed by atoms with Crippen LogP contribution in [0.15, 0.2) is 63.9 Å². The Morgan fingerprint density at radius 2 is 2.11 bits per heavy atom. The number of β-lactam (4-membered cyclic amide) rings is 1. The minimum atomic E-state index is -1.21. The van der Waals surface area contributed by atoms with Crippen LogP contribution in [0, 0.1) is 0 Å². The minimum Gasteiger partial charge on any atom is -0.477 e. The largest absolute Gasteiger partial charge is 0.477 e. The summed E-state index contributed by atoms with van der Waals surface area (Å²) >= 11 is 16.0. The quantitative estimate of drug-likeness (QED) is 0.111. The number of nitrogens with one attached hydrogen (secondary N) is 1. The van der Waals surface area contributed by atoms with E-state index in [9.17, 15) is 19.5 Å². The molecule has 194 valence electrons. The van der Waals surface area contributed by atoms with E-state index in [0.717, 1.165) is 0 Å². The highest BCUT2D eigenvalue weighted by molar-refractivity contribution is 8.00. The summed E-state index contributed by atoms with van der Waals surface area (Å²) in [5, 5.41) is 13.5. The van der Waals surface area contributed by atoms with E-state index in [4.69, 9.17) is 34.8 Å². The summed E-state index contributed by atoms with van der Waals surface area (Å²) in [7, 11) is 0. The molecule has 3 heterocycles. The second-order valence-electron chi connectivity index (χ2n) is 7.75. The van der Waals surface area contributed by atoms with E-state index in [-0.39, 0.29) is 17.4 Å². The van der Waals surface area contributed by atoms with Gasteiger partial charge in [-0.05, 0) is 40.5 Å². The average Bonchev–Trinajstić information content (AvgIpc) is 2.86. The van der Waals surface area contributed by atoms with Crippen molar-refractivity contribution in [2.24, 2.45) is 0 Å². The number of halogens is 2. The number of aromatic nitrogens is 2. The van der Waals surface area contributed by atoms with Gasteiger partial charge in [0.15, 0.2) is 0 Å². The van der Waals surface area contributed by atoms with Crippen molar-refractivity contribution in [3.63, 3.8) is 0 Å². The van der Waals surface area contributed by atoms with Crippen molar-refractivity contribution in [2.45, 2.75) is 21.5 Å². The van der Waals surface area contributed by atoms with Crippen molar-refractivity contribution in [1.82, 2.24) is 15.2 Å². The first-order valence-corrected chi connectivity index (χ1v) is 14.4. The zero-order valence-corrected chi connectivity index (χ0v) is 22.9. The predicted molar refractivity (Wildman–Crippen MR) is 146 cm³/mol. The van der Waals surface area contributed by atoms with Gasteiger partial charge in [-0.2, -0.15) is 0 Å². The third kappa shape index (κ3) is 6.29. The van der Waals surface area contributed by atoms with Gasteiger partial charge in [0.05, 0.1) is 10.8 Å². The first kappa shape index (κ1) is 27.5. The second kappa shape index (κ2) is 11.9. The normalized spacial score (nSPS) is 19.1. The molecule has 1 unspecified atom stereocenters. The molecule has 15 heteroatoms. The van der Waals surface area contributed by atoms with Crippen molar-refractivity contribution in [2.75, 3.05) is 28.8 Å². The van der Waals surface area contributed by atoms with Gasteiger partial charge in [0.25, 0.3) is 5.91 Å². The molecule has 0 radical (unpaired) electrons. The van der Waals surface area contributed by atoms with Crippen LogP contribution in [0.1, 0.15) is 0 Å². The summed E-state index contributed by atoms with van der Waals surface area (Å²) in [6.45, 7) is 0. The highest BCUT2D eigenvalue weighted by Crippen LogP contribution is 2.41. The van der Waals surface area contributed by atoms with Gasteiger partial charge in [-0.15, -0.1) is 28.2 Å². The van der Waals surface area contributed by atoms with E-state index in [0.29, 0.717) is 43.0 Å². The maximum Gasteiger partial charge on any atom is 0.384 e. The Balaban J connectivity index is 1.37. The van der Waals surface area contributed by atoms with Crippen LogP contribution in [-0.4, -0.2) is 61.4 Å². The highest BCUT2D eigenvalue weighted by Gasteiger charge is 2.53. The number of fused-ring (bicyclic) bond motifs is 1. The first-order chi connectivity index (χ1) is 17.7. The fourth-order valence-corrected chi connectivity index (χ4v) is 6.91. The third-order valence-corrected chi connectivity index (χ3v) is 9.20. The van der Waals surface area contributed by atoms with E-state index in [1.54, 1.807) is 42.6 Å². The maximum absolute atomic E-state index is 12.8. The van der Waals surface area contributed by atoms with Gasteiger partial charge in [-0.3, -0.25) is 20.3 Å². The van der Waals surface area contributed by atoms with Crippen LogP contribution in [0.2, 0.25) is 10.0 Å². The SMILES string of the molecule is Nc1cc[n+](N)c(SC/C=C/C2=C(C(=O)O)N3C(=O)[C@@H](NC(=O)CSc4cc(Cl)ccc4Cl)C3SC2)n1. The number of carboxylic acid groups (broad SMARTS) is 1. The van der Waals surface area contributed by atoms with Gasteiger partial charge >= 0.3 is 11.1 Å². The van der Waals surface area contributed by atoms with Crippen LogP contribution in [0.5, 0.6) is 0 Å². The molecule has 0 aliphatic carbocycles. The molecule has 2 aromatic rings. The van der Waals surface area contributed by atoms with E-state index >= 15 is 0 Å². The fraction of sp³-hybridized carbons (Fsp3) is 0.227. The van der Waals surface area contributed by atoms with Crippen LogP contribution in [-0.2, 0) is 14.4 Å². The number of hydrogen-bond acceptors (Lipinski definition) is 9. The van der Waals surface area contributed by atoms with Crippen molar-refractivity contribution < 1.29 is 24.2 Å². The summed E-state index contributed by atoms with van der Waals surface area (Å²) < 4.78 is 1.34. The number of allylic oxidation sites excluding steroid dienone is 1. The Kier molecular flexibility index (Phi) is 8.80. The number of carbonyl (C=O) groups is 3. The average molecular weight is 601 g/mol. The van der Waals surface area contributed by atoms with Gasteiger partial charge in [0.1, 0.15) is 23.3 Å². The molecule has 1 aromatic carbocycles. The predicted octanol–water partition coefficient (Wildman–Crippen LogP) is 2.15. The summed E-state index contributed by atoms with van der Waals surface area (Å²) in [6, 6.07) is 5.72. The molecule has 0 saturated carbocycles. The molecule has 2 aliphatic rings. The van der Waals surface area contributed by atoms with Gasteiger partial charge in [0.2, 0.25) is 11.7 Å². The molecule has 4 rings (SSSR count). The number of nitrogen functional groups attached to an aromatic ring is 2. The number of anilines is 1. The Morgan fingerprint density at radius 3 is 2.86 bits per heavy atom. The van der Waals surface area contributed by atoms with Crippen LogP contribution in [0.3, 0.4) is 0 Å². The second-order valence-corrected chi connectivity index (χ2v) is 11.7. The molecule has 0 bridgehead atoms. The molecule has 6 N–H and O–H groups in total. The summed E-state index contributed by atoms with van der Waals surface area (Å²) in [4.78, 5) is 43.4. The van der Waals surface area contributed by atoms with Gasteiger partial charge < -0.3 is 16.2 Å². The van der Waals surface area contributed by atoms with Gasteiger partial charge in [0, 0.05) is 27.5 Å². The fourth-order valence-electron chi connectivity index (χ4n) is 3.56. The number of amides is 2. The molecule has 10 nitrogen and oxygen atoms in total. The van der Waals surface area contributed by atoms with E-state index in [2.05, 4.69) is 10.3 Å². The number of carbonyl (C=O) groups excluding carboxylic acids is 2. The monoisotopic (exact) mass is 599 g/mol. The van der Waals surface area contributed by atoms with Gasteiger partial charge in [-0.25, -0.2) is 4.79 Å². The maximum atomic E-state index is 12.8. The summed E-state index contributed by atoms with van der Waals surface area (Å²) in [5.41, 5.74) is 6.10. The molecule has 0 spiro atoms. The Morgan fingerprint density at radius 1 is 1.32 bits per heavy atom. The Bertz CT molecular complexity index is 1330. The highest BCUT2D eigenvalue weighted by atomic mass is 35.5. The Labute approximate surface area is 234 Å².